The van der Waals surface area contributed by atoms with E-state index in [9.17, 15) is 14.4 Å². The van der Waals surface area contributed by atoms with Crippen molar-refractivity contribution in [3.63, 3.8) is 0 Å². The Kier molecular flexibility index (Phi) is 5.34. The Morgan fingerprint density at radius 3 is 2.03 bits per heavy atom. The molecular formula is C20H24N6O4. The van der Waals surface area contributed by atoms with Crippen molar-refractivity contribution in [1.82, 2.24) is 19.6 Å². The number of azo groups is 1. The monoisotopic (exact) mass is 412 g/mol. The van der Waals surface area contributed by atoms with E-state index in [0.29, 0.717) is 17.1 Å². The largest absolute Gasteiger partial charge is 0.480 e. The van der Waals surface area contributed by atoms with Gasteiger partial charge in [0.25, 0.3) is 11.1 Å². The second kappa shape index (κ2) is 7.62. The molecule has 1 aromatic carbocycles. The first kappa shape index (κ1) is 21.0. The van der Waals surface area contributed by atoms with Gasteiger partial charge in [0, 0.05) is 0 Å². The number of nitrogens with zero attached hydrogens (tertiary/aromatic N) is 4. The van der Waals surface area contributed by atoms with E-state index in [2.05, 4.69) is 41.2 Å². The summed E-state index contributed by atoms with van der Waals surface area (Å²) in [7, 11) is 0. The van der Waals surface area contributed by atoms with Gasteiger partial charge in [-0.1, -0.05) is 32.9 Å². The summed E-state index contributed by atoms with van der Waals surface area (Å²) in [6.07, 6.45) is 0. The molecule has 0 unspecified atom stereocenters. The maximum Gasteiger partial charge on any atom is 0.325 e. The topological polar surface area (TPSA) is 138 Å². The van der Waals surface area contributed by atoms with Gasteiger partial charge in [-0.05, 0) is 37.0 Å². The van der Waals surface area contributed by atoms with E-state index in [0.717, 1.165) is 10.2 Å². The summed E-state index contributed by atoms with van der Waals surface area (Å²) in [4.78, 5) is 35.9. The predicted octanol–water partition coefficient (Wildman–Crippen LogP) is 3.07. The smallest absolute Gasteiger partial charge is 0.325 e. The highest BCUT2D eigenvalue weighted by Crippen LogP contribution is 2.23. The van der Waals surface area contributed by atoms with Crippen LogP contribution < -0.4 is 11.1 Å². The third-order valence-corrected chi connectivity index (χ3v) is 4.68. The zero-order valence-electron chi connectivity index (χ0n) is 17.5. The molecule has 0 bridgehead atoms. The molecule has 158 valence electrons. The lowest BCUT2D eigenvalue weighted by atomic mass is 9.87. The Bertz CT molecular complexity index is 1230. The van der Waals surface area contributed by atoms with Crippen LogP contribution >= 0.6 is 0 Å². The number of carbonyl (C=O) groups is 1. The van der Waals surface area contributed by atoms with Crippen molar-refractivity contribution in [2.45, 2.75) is 46.6 Å². The highest BCUT2D eigenvalue weighted by Gasteiger charge is 2.17. The van der Waals surface area contributed by atoms with Crippen LogP contribution in [0.1, 0.15) is 37.7 Å². The lowest BCUT2D eigenvalue weighted by Gasteiger charge is -2.19. The number of H-pyrrole nitrogens is 2. The number of hydrogen-bond donors (Lipinski definition) is 3. The van der Waals surface area contributed by atoms with Gasteiger partial charge >= 0.3 is 5.97 Å². The molecule has 0 aliphatic carbocycles. The van der Waals surface area contributed by atoms with E-state index < -0.39 is 23.6 Å². The fraction of sp³-hybridized carbons (Fsp3) is 0.350. The highest BCUT2D eigenvalue weighted by atomic mass is 16.4. The van der Waals surface area contributed by atoms with Crippen molar-refractivity contribution < 1.29 is 9.90 Å². The maximum atomic E-state index is 12.8. The van der Waals surface area contributed by atoms with Crippen LogP contribution in [-0.2, 0) is 16.8 Å². The third kappa shape index (κ3) is 4.02. The molecule has 0 spiro atoms. The summed E-state index contributed by atoms with van der Waals surface area (Å²) in [6, 6.07) is 7.62. The maximum absolute atomic E-state index is 12.8. The van der Waals surface area contributed by atoms with E-state index in [4.69, 9.17) is 5.11 Å². The summed E-state index contributed by atoms with van der Waals surface area (Å²) in [5.74, 6) is -1.16. The van der Waals surface area contributed by atoms with E-state index in [1.54, 1.807) is 13.8 Å². The number of hydrogen-bond acceptors (Lipinski definition) is 5. The molecule has 0 aliphatic rings. The minimum absolute atomic E-state index is 0.00350. The number of rotatable bonds is 5. The van der Waals surface area contributed by atoms with Crippen LogP contribution in [0.4, 0.5) is 11.4 Å². The molecule has 0 atom stereocenters. The zero-order valence-corrected chi connectivity index (χ0v) is 17.5. The van der Waals surface area contributed by atoms with Gasteiger partial charge in [-0.3, -0.25) is 24.6 Å². The number of carboxylic acids is 1. The normalized spacial score (nSPS) is 12.0. The molecule has 10 heteroatoms. The van der Waals surface area contributed by atoms with E-state index in [1.165, 1.54) is 4.68 Å². The first-order valence-electron chi connectivity index (χ1n) is 9.34. The van der Waals surface area contributed by atoms with Crippen LogP contribution in [0, 0.1) is 13.8 Å². The Labute approximate surface area is 171 Å². The number of aliphatic carboxylic acids is 1. The second-order valence-electron chi connectivity index (χ2n) is 8.09. The SMILES string of the molecule is Cc1[nH]n(CC(=O)O)c(=O)c1N=Nc1c(C)[nH]n(-c2ccc(C(C)(C)C)cc2)c1=O. The zero-order chi connectivity index (χ0) is 22.2. The number of aromatic amines is 2. The fourth-order valence-corrected chi connectivity index (χ4v) is 3.01. The standard InChI is InChI=1S/C20H24N6O4/c1-11-16(18(29)25(23-11)10-15(27)28)21-22-17-12(2)24-26(19(17)30)14-8-6-13(7-9-14)20(3,4)5/h6-9,23-24H,10H2,1-5H3,(H,27,28). The van der Waals surface area contributed by atoms with Gasteiger partial charge in [-0.2, -0.15) is 0 Å². The molecule has 0 fully saturated rings. The van der Waals surface area contributed by atoms with Crippen LogP contribution in [0.2, 0.25) is 0 Å². The Hall–Kier alpha value is -3.69. The molecule has 30 heavy (non-hydrogen) atoms. The third-order valence-electron chi connectivity index (χ3n) is 4.68. The summed E-state index contributed by atoms with van der Waals surface area (Å²) < 4.78 is 2.29. The van der Waals surface area contributed by atoms with Crippen molar-refractivity contribution >= 4 is 17.3 Å². The van der Waals surface area contributed by atoms with Gasteiger partial charge in [-0.25, -0.2) is 9.36 Å². The van der Waals surface area contributed by atoms with Crippen LogP contribution in [0.5, 0.6) is 0 Å². The Morgan fingerprint density at radius 1 is 0.967 bits per heavy atom. The average Bonchev–Trinajstić information content (AvgIpc) is 3.08. The lowest BCUT2D eigenvalue weighted by molar-refractivity contribution is -0.137. The number of carboxylic acid groups (broad SMARTS) is 1. The van der Waals surface area contributed by atoms with Crippen LogP contribution in [0.3, 0.4) is 0 Å². The molecule has 10 nitrogen and oxygen atoms in total. The Balaban J connectivity index is 1.96. The van der Waals surface area contributed by atoms with Gasteiger partial charge in [0.05, 0.1) is 17.1 Å². The number of nitrogens with one attached hydrogen (secondary N) is 2. The first-order chi connectivity index (χ1) is 14.0. The molecule has 3 aromatic rings. The van der Waals surface area contributed by atoms with Gasteiger partial charge in [0.2, 0.25) is 0 Å². The summed E-state index contributed by atoms with van der Waals surface area (Å²) in [6.45, 7) is 9.07. The van der Waals surface area contributed by atoms with E-state index in [1.807, 2.05) is 24.3 Å². The summed E-state index contributed by atoms with van der Waals surface area (Å²) >= 11 is 0. The molecule has 0 radical (unpaired) electrons. The Morgan fingerprint density at radius 2 is 1.50 bits per heavy atom. The summed E-state index contributed by atoms with van der Waals surface area (Å²) in [5, 5.41) is 22.4. The van der Waals surface area contributed by atoms with E-state index in [-0.39, 0.29) is 16.8 Å². The minimum Gasteiger partial charge on any atom is -0.480 e. The number of aryl methyl sites for hydroxylation is 2. The lowest BCUT2D eigenvalue weighted by Crippen LogP contribution is -2.21. The van der Waals surface area contributed by atoms with Crippen molar-refractivity contribution in [1.29, 1.82) is 0 Å². The number of benzene rings is 1. The molecule has 3 N–H and O–H groups in total. The number of aromatic nitrogens is 4. The molecule has 0 aliphatic heterocycles. The van der Waals surface area contributed by atoms with Gasteiger partial charge in [-0.15, -0.1) is 10.2 Å². The average molecular weight is 412 g/mol. The van der Waals surface area contributed by atoms with Crippen molar-refractivity contribution in [2.24, 2.45) is 10.2 Å². The predicted molar refractivity (Wildman–Crippen MR) is 111 cm³/mol. The van der Waals surface area contributed by atoms with Crippen LogP contribution in [0.15, 0.2) is 44.1 Å². The van der Waals surface area contributed by atoms with Crippen LogP contribution in [-0.4, -0.2) is 30.6 Å². The molecule has 0 saturated carbocycles. The minimum atomic E-state index is -1.16. The molecule has 2 aromatic heterocycles. The quantitative estimate of drug-likeness (QED) is 0.554. The van der Waals surface area contributed by atoms with Gasteiger partial charge in [0.15, 0.2) is 11.4 Å². The molecular weight excluding hydrogens is 388 g/mol. The fourth-order valence-electron chi connectivity index (χ4n) is 3.01. The summed E-state index contributed by atoms with van der Waals surface area (Å²) in [5.41, 5.74) is 1.64. The van der Waals surface area contributed by atoms with Crippen LogP contribution in [0.25, 0.3) is 5.69 Å². The molecule has 0 amide bonds. The van der Waals surface area contributed by atoms with Crippen molar-refractivity contribution in [2.75, 3.05) is 0 Å². The molecule has 3 rings (SSSR count). The molecule has 0 saturated heterocycles. The van der Waals surface area contributed by atoms with Crippen molar-refractivity contribution in [3.05, 3.63) is 61.9 Å². The van der Waals surface area contributed by atoms with Gasteiger partial charge in [0.1, 0.15) is 6.54 Å². The first-order valence-corrected chi connectivity index (χ1v) is 9.34. The van der Waals surface area contributed by atoms with E-state index >= 15 is 0 Å². The van der Waals surface area contributed by atoms with Crippen molar-refractivity contribution in [3.8, 4) is 5.69 Å². The highest BCUT2D eigenvalue weighted by molar-refractivity contribution is 5.66. The second-order valence-corrected chi connectivity index (χ2v) is 8.09. The molecule has 2 heterocycles. The van der Waals surface area contributed by atoms with Gasteiger partial charge < -0.3 is 5.11 Å².